The Morgan fingerprint density at radius 1 is 1.33 bits per heavy atom. The molecule has 2 aromatic rings. The first-order valence-electron chi connectivity index (χ1n) is 6.10. The number of imidazole rings is 1. The topological polar surface area (TPSA) is 38.1 Å². The molecule has 0 saturated heterocycles. The fraction of sp³-hybridized carbons (Fsp3) is 0.357. The number of halogens is 1. The van der Waals surface area contributed by atoms with Crippen molar-refractivity contribution in [1.29, 1.82) is 0 Å². The maximum Gasteiger partial charge on any atom is 0.137 e. The van der Waals surface area contributed by atoms with Gasteiger partial charge >= 0.3 is 0 Å². The molecule has 18 heavy (non-hydrogen) atoms. The summed E-state index contributed by atoms with van der Waals surface area (Å²) in [6, 6.07) is 8.39. The monoisotopic (exact) mass is 308 g/mol. The molecule has 0 radical (unpaired) electrons. The predicted octanol–water partition coefficient (Wildman–Crippen LogP) is 3.33. The summed E-state index contributed by atoms with van der Waals surface area (Å²) < 4.78 is 3.13. The SMILES string of the molecule is CC(O)c1nccn1CCCc1ccc(Br)cc1. The molecule has 1 heterocycles. The number of aromatic nitrogens is 2. The smallest absolute Gasteiger partial charge is 0.137 e. The molecule has 1 unspecified atom stereocenters. The number of hydrogen-bond donors (Lipinski definition) is 1. The minimum absolute atomic E-state index is 0.507. The Bertz CT molecular complexity index is 491. The van der Waals surface area contributed by atoms with Crippen molar-refractivity contribution < 1.29 is 5.11 Å². The lowest BCUT2D eigenvalue weighted by atomic mass is 10.1. The Kier molecular flexibility index (Phi) is 4.55. The first kappa shape index (κ1) is 13.3. The first-order valence-corrected chi connectivity index (χ1v) is 6.89. The summed E-state index contributed by atoms with van der Waals surface area (Å²) in [7, 11) is 0. The highest BCUT2D eigenvalue weighted by atomic mass is 79.9. The van der Waals surface area contributed by atoms with E-state index < -0.39 is 6.10 Å². The summed E-state index contributed by atoms with van der Waals surface area (Å²) in [6.07, 6.45) is 5.22. The molecular weight excluding hydrogens is 292 g/mol. The third kappa shape index (κ3) is 3.43. The van der Waals surface area contributed by atoms with Gasteiger partial charge in [-0.1, -0.05) is 28.1 Å². The molecule has 1 N–H and O–H groups in total. The average molecular weight is 309 g/mol. The van der Waals surface area contributed by atoms with Gasteiger partial charge in [-0.3, -0.25) is 0 Å². The molecule has 0 aliphatic rings. The molecule has 0 saturated carbocycles. The highest BCUT2D eigenvalue weighted by Gasteiger charge is 2.07. The van der Waals surface area contributed by atoms with Gasteiger partial charge in [0.05, 0.1) is 0 Å². The van der Waals surface area contributed by atoms with E-state index in [-0.39, 0.29) is 0 Å². The fourth-order valence-corrected chi connectivity index (χ4v) is 2.25. The lowest BCUT2D eigenvalue weighted by Gasteiger charge is -2.09. The van der Waals surface area contributed by atoms with Gasteiger partial charge in [-0.25, -0.2) is 4.98 Å². The van der Waals surface area contributed by atoms with E-state index in [2.05, 4.69) is 45.2 Å². The molecule has 96 valence electrons. The first-order chi connectivity index (χ1) is 8.66. The maximum atomic E-state index is 9.55. The second kappa shape index (κ2) is 6.16. The molecule has 0 aliphatic heterocycles. The average Bonchev–Trinajstić information content (AvgIpc) is 2.80. The van der Waals surface area contributed by atoms with Crippen LogP contribution >= 0.6 is 15.9 Å². The highest BCUT2D eigenvalue weighted by Crippen LogP contribution is 2.13. The van der Waals surface area contributed by atoms with Gasteiger partial charge in [0.25, 0.3) is 0 Å². The minimum atomic E-state index is -0.507. The normalized spacial score (nSPS) is 12.6. The van der Waals surface area contributed by atoms with Crippen molar-refractivity contribution in [2.24, 2.45) is 0 Å². The Morgan fingerprint density at radius 2 is 2.06 bits per heavy atom. The zero-order valence-corrected chi connectivity index (χ0v) is 12.0. The molecule has 1 aromatic carbocycles. The standard InChI is InChI=1S/C14H17BrN2O/c1-11(18)14-16-8-10-17(14)9-2-3-12-4-6-13(15)7-5-12/h4-8,10-11,18H,2-3,9H2,1H3. The van der Waals surface area contributed by atoms with E-state index in [0.717, 1.165) is 29.7 Å². The van der Waals surface area contributed by atoms with Crippen LogP contribution in [0.3, 0.4) is 0 Å². The molecule has 0 fully saturated rings. The number of aryl methyl sites for hydroxylation is 2. The molecule has 0 amide bonds. The summed E-state index contributed by atoms with van der Waals surface area (Å²) in [6.45, 7) is 2.63. The van der Waals surface area contributed by atoms with Crippen molar-refractivity contribution in [3.05, 3.63) is 52.5 Å². The maximum absolute atomic E-state index is 9.55. The number of benzene rings is 1. The number of aliphatic hydroxyl groups excluding tert-OH is 1. The molecule has 1 atom stereocenters. The van der Waals surface area contributed by atoms with Crippen LogP contribution in [-0.4, -0.2) is 14.7 Å². The van der Waals surface area contributed by atoms with Crippen molar-refractivity contribution in [2.75, 3.05) is 0 Å². The Hall–Kier alpha value is -1.13. The quantitative estimate of drug-likeness (QED) is 0.920. The van der Waals surface area contributed by atoms with Crippen molar-refractivity contribution in [1.82, 2.24) is 9.55 Å². The van der Waals surface area contributed by atoms with Gasteiger partial charge in [-0.2, -0.15) is 0 Å². The number of hydrogen-bond acceptors (Lipinski definition) is 2. The molecule has 0 spiro atoms. The van der Waals surface area contributed by atoms with Crippen molar-refractivity contribution in [3.63, 3.8) is 0 Å². The molecule has 3 nitrogen and oxygen atoms in total. The van der Waals surface area contributed by atoms with Gasteiger partial charge in [0.15, 0.2) is 0 Å². The highest BCUT2D eigenvalue weighted by molar-refractivity contribution is 9.10. The summed E-state index contributed by atoms with van der Waals surface area (Å²) in [5.74, 6) is 0.741. The van der Waals surface area contributed by atoms with Crippen LogP contribution in [0.1, 0.15) is 30.8 Å². The zero-order chi connectivity index (χ0) is 13.0. The van der Waals surface area contributed by atoms with E-state index in [1.165, 1.54) is 5.56 Å². The lowest BCUT2D eigenvalue weighted by Crippen LogP contribution is -2.07. The Balaban J connectivity index is 1.88. The second-order valence-corrected chi connectivity index (χ2v) is 5.30. The summed E-state index contributed by atoms with van der Waals surface area (Å²) in [5.41, 5.74) is 1.33. The van der Waals surface area contributed by atoms with Crippen LogP contribution in [0.25, 0.3) is 0 Å². The van der Waals surface area contributed by atoms with Crippen LogP contribution in [0.2, 0.25) is 0 Å². The second-order valence-electron chi connectivity index (χ2n) is 4.38. The van der Waals surface area contributed by atoms with Crippen molar-refractivity contribution in [2.45, 2.75) is 32.4 Å². The zero-order valence-electron chi connectivity index (χ0n) is 10.4. The van der Waals surface area contributed by atoms with Gasteiger partial charge in [0.2, 0.25) is 0 Å². The van der Waals surface area contributed by atoms with Crippen molar-refractivity contribution >= 4 is 15.9 Å². The van der Waals surface area contributed by atoms with Crippen LogP contribution in [0.15, 0.2) is 41.1 Å². The van der Waals surface area contributed by atoms with Crippen LogP contribution in [-0.2, 0) is 13.0 Å². The third-order valence-electron chi connectivity index (χ3n) is 2.90. The van der Waals surface area contributed by atoms with Gasteiger partial charge in [-0.05, 0) is 37.5 Å². The van der Waals surface area contributed by atoms with Gasteiger partial charge in [0, 0.05) is 23.4 Å². The molecule has 0 aliphatic carbocycles. The largest absolute Gasteiger partial charge is 0.385 e. The van der Waals surface area contributed by atoms with Crippen molar-refractivity contribution in [3.8, 4) is 0 Å². The van der Waals surface area contributed by atoms with E-state index in [9.17, 15) is 5.11 Å². The van der Waals surface area contributed by atoms with E-state index >= 15 is 0 Å². The number of nitrogens with zero attached hydrogens (tertiary/aromatic N) is 2. The summed E-state index contributed by atoms with van der Waals surface area (Å²) in [4.78, 5) is 4.16. The van der Waals surface area contributed by atoms with E-state index in [0.29, 0.717) is 0 Å². The van der Waals surface area contributed by atoms with E-state index in [1.54, 1.807) is 13.1 Å². The van der Waals surface area contributed by atoms with Gasteiger partial charge in [0.1, 0.15) is 11.9 Å². The Labute approximate surface area is 116 Å². The van der Waals surface area contributed by atoms with E-state index in [1.807, 2.05) is 10.8 Å². The van der Waals surface area contributed by atoms with Crippen LogP contribution < -0.4 is 0 Å². The fourth-order valence-electron chi connectivity index (χ4n) is 1.98. The number of rotatable bonds is 5. The third-order valence-corrected chi connectivity index (χ3v) is 3.43. The summed E-state index contributed by atoms with van der Waals surface area (Å²) in [5, 5.41) is 9.55. The van der Waals surface area contributed by atoms with Gasteiger partial charge < -0.3 is 9.67 Å². The number of aliphatic hydroxyl groups is 1. The summed E-state index contributed by atoms with van der Waals surface area (Å²) >= 11 is 3.43. The minimum Gasteiger partial charge on any atom is -0.385 e. The van der Waals surface area contributed by atoms with Crippen LogP contribution in [0.4, 0.5) is 0 Å². The molecule has 4 heteroatoms. The van der Waals surface area contributed by atoms with Gasteiger partial charge in [-0.15, -0.1) is 0 Å². The van der Waals surface area contributed by atoms with Crippen LogP contribution in [0, 0.1) is 0 Å². The molecular formula is C14H17BrN2O. The molecule has 1 aromatic heterocycles. The molecule has 2 rings (SSSR count). The predicted molar refractivity (Wildman–Crippen MR) is 75.3 cm³/mol. The Morgan fingerprint density at radius 3 is 2.72 bits per heavy atom. The van der Waals surface area contributed by atoms with E-state index in [4.69, 9.17) is 0 Å². The van der Waals surface area contributed by atoms with Crippen LogP contribution in [0.5, 0.6) is 0 Å². The molecule has 0 bridgehead atoms. The lowest BCUT2D eigenvalue weighted by molar-refractivity contribution is 0.183.